The molecule has 2 aromatic rings. The van der Waals surface area contributed by atoms with Gasteiger partial charge in [0.1, 0.15) is 9.34 Å². The number of methoxy groups -OCH3 is 1. The Labute approximate surface area is 127 Å². The fraction of sp³-hybridized carbons (Fsp3) is 0.364. The number of ether oxygens (including phenoxy) is 1. The van der Waals surface area contributed by atoms with Gasteiger partial charge in [-0.15, -0.1) is 22.7 Å². The fourth-order valence-electron chi connectivity index (χ4n) is 1.50. The number of nitrogens with one attached hydrogen (secondary N) is 1. The van der Waals surface area contributed by atoms with Crippen molar-refractivity contribution in [2.75, 3.05) is 20.3 Å². The molecule has 18 heavy (non-hydrogen) atoms. The zero-order chi connectivity index (χ0) is 13.0. The van der Waals surface area contributed by atoms with Crippen molar-refractivity contribution in [2.45, 2.75) is 6.04 Å². The van der Waals surface area contributed by atoms with Crippen LogP contribution in [0, 0.1) is 0 Å². The maximum Gasteiger partial charge on any atom is 0.115 e. The van der Waals surface area contributed by atoms with E-state index < -0.39 is 0 Å². The molecule has 0 bridgehead atoms. The zero-order valence-electron chi connectivity index (χ0n) is 9.65. The van der Waals surface area contributed by atoms with E-state index >= 15 is 0 Å². The molecule has 2 aromatic heterocycles. The highest BCUT2D eigenvalue weighted by Gasteiger charge is 2.19. The predicted octanol–water partition coefficient (Wildman–Crippen LogP) is 3.95. The first-order chi connectivity index (χ1) is 8.72. The number of hydrogen-bond donors (Lipinski definition) is 1. The second-order valence-corrected chi connectivity index (χ2v) is 6.99. The van der Waals surface area contributed by atoms with Crippen molar-refractivity contribution in [3.63, 3.8) is 0 Å². The van der Waals surface area contributed by atoms with Crippen LogP contribution in [0.5, 0.6) is 0 Å². The van der Waals surface area contributed by atoms with Gasteiger partial charge in [0.05, 0.1) is 12.6 Å². The Morgan fingerprint density at radius 1 is 1.61 bits per heavy atom. The van der Waals surface area contributed by atoms with Crippen LogP contribution < -0.4 is 5.32 Å². The number of hydrogen-bond acceptors (Lipinski definition) is 5. The van der Waals surface area contributed by atoms with Gasteiger partial charge < -0.3 is 10.1 Å². The van der Waals surface area contributed by atoms with Gasteiger partial charge in [-0.1, -0.05) is 11.6 Å². The first-order valence-corrected chi connectivity index (χ1v) is 8.15. The maximum atomic E-state index is 6.10. The summed E-state index contributed by atoms with van der Waals surface area (Å²) in [6.45, 7) is 1.44. The normalized spacial score (nSPS) is 12.8. The Balaban J connectivity index is 2.19. The molecule has 1 unspecified atom stereocenters. The summed E-state index contributed by atoms with van der Waals surface area (Å²) in [4.78, 5) is 5.52. The molecule has 2 rings (SSSR count). The third-order valence-corrected chi connectivity index (χ3v) is 5.68. The summed E-state index contributed by atoms with van der Waals surface area (Å²) in [5.74, 6) is 0. The molecule has 0 aliphatic heterocycles. The van der Waals surface area contributed by atoms with Crippen LogP contribution in [0.4, 0.5) is 0 Å². The van der Waals surface area contributed by atoms with Gasteiger partial charge in [-0.3, -0.25) is 0 Å². The van der Waals surface area contributed by atoms with Crippen LogP contribution in [-0.2, 0) is 4.74 Å². The lowest BCUT2D eigenvalue weighted by atomic mass is 10.2. The van der Waals surface area contributed by atoms with Gasteiger partial charge in [-0.25, -0.2) is 4.98 Å². The summed E-state index contributed by atoms with van der Waals surface area (Å²) >= 11 is 12.7. The number of thiazole rings is 1. The second kappa shape index (κ2) is 6.98. The van der Waals surface area contributed by atoms with Crippen LogP contribution in [0.2, 0.25) is 4.34 Å². The van der Waals surface area contributed by atoms with Gasteiger partial charge in [0.15, 0.2) is 0 Å². The molecule has 0 saturated heterocycles. The van der Waals surface area contributed by atoms with Gasteiger partial charge in [0.25, 0.3) is 0 Å². The zero-order valence-corrected chi connectivity index (χ0v) is 13.6. The van der Waals surface area contributed by atoms with E-state index in [1.807, 2.05) is 17.6 Å². The molecule has 0 saturated carbocycles. The average molecular weight is 368 g/mol. The van der Waals surface area contributed by atoms with E-state index in [4.69, 9.17) is 16.3 Å². The summed E-state index contributed by atoms with van der Waals surface area (Å²) in [5.41, 5.74) is 0. The number of thiophene rings is 1. The van der Waals surface area contributed by atoms with Crippen molar-refractivity contribution in [1.82, 2.24) is 10.3 Å². The molecule has 0 aliphatic carbocycles. The first kappa shape index (κ1) is 14.4. The topological polar surface area (TPSA) is 34.1 Å². The predicted molar refractivity (Wildman–Crippen MR) is 80.9 cm³/mol. The van der Waals surface area contributed by atoms with E-state index in [0.717, 1.165) is 25.2 Å². The minimum Gasteiger partial charge on any atom is -0.383 e. The van der Waals surface area contributed by atoms with Gasteiger partial charge in [0, 0.05) is 34.6 Å². The summed E-state index contributed by atoms with van der Waals surface area (Å²) in [6, 6.07) is 2.12. The molecule has 2 heterocycles. The Kier molecular flexibility index (Phi) is 5.59. The molecule has 0 fully saturated rings. The van der Waals surface area contributed by atoms with E-state index in [9.17, 15) is 0 Å². The molecule has 0 spiro atoms. The quantitative estimate of drug-likeness (QED) is 0.785. The number of aromatic nitrogens is 1. The monoisotopic (exact) mass is 366 g/mol. The minimum atomic E-state index is 0.0777. The molecule has 3 nitrogen and oxygen atoms in total. The fourth-order valence-corrected chi connectivity index (χ4v) is 4.12. The minimum absolute atomic E-state index is 0.0777. The van der Waals surface area contributed by atoms with E-state index in [2.05, 4.69) is 26.2 Å². The Bertz CT molecular complexity index is 470. The van der Waals surface area contributed by atoms with Gasteiger partial charge in [-0.05, 0) is 22.0 Å². The second-order valence-electron chi connectivity index (χ2n) is 3.52. The van der Waals surface area contributed by atoms with E-state index in [1.165, 1.54) is 0 Å². The van der Waals surface area contributed by atoms with Crippen LogP contribution in [0.3, 0.4) is 0 Å². The van der Waals surface area contributed by atoms with E-state index in [0.29, 0.717) is 6.61 Å². The van der Waals surface area contributed by atoms with Crippen molar-refractivity contribution in [3.8, 4) is 0 Å². The summed E-state index contributed by atoms with van der Waals surface area (Å²) in [6.07, 6.45) is 1.81. The number of nitrogens with zero attached hydrogens (tertiary/aromatic N) is 1. The molecular weight excluding hydrogens is 356 g/mol. The summed E-state index contributed by atoms with van der Waals surface area (Å²) < 4.78 is 6.76. The van der Waals surface area contributed by atoms with Crippen LogP contribution in [0.1, 0.15) is 15.9 Å². The highest BCUT2D eigenvalue weighted by molar-refractivity contribution is 9.10. The largest absolute Gasteiger partial charge is 0.383 e. The molecule has 98 valence electrons. The first-order valence-electron chi connectivity index (χ1n) is 5.29. The molecular formula is C11H12BrClN2OS2. The highest BCUT2D eigenvalue weighted by Crippen LogP contribution is 2.37. The van der Waals surface area contributed by atoms with Gasteiger partial charge >= 0.3 is 0 Å². The average Bonchev–Trinajstić information content (AvgIpc) is 2.96. The SMILES string of the molecule is COCCNC(c1cc(Br)c(Cl)s1)c1nccs1. The lowest BCUT2D eigenvalue weighted by Gasteiger charge is -2.14. The standard InChI is InChI=1S/C11H12BrClN2OS2/c1-16-4-2-14-9(11-15-3-5-17-11)8-6-7(12)10(13)18-8/h3,5-6,9,14H,2,4H2,1H3. The van der Waals surface area contributed by atoms with Crippen LogP contribution in [-0.4, -0.2) is 25.2 Å². The number of halogens is 2. The van der Waals surface area contributed by atoms with Crippen LogP contribution in [0.25, 0.3) is 0 Å². The molecule has 0 aromatic carbocycles. The highest BCUT2D eigenvalue weighted by atomic mass is 79.9. The molecule has 7 heteroatoms. The van der Waals surface area contributed by atoms with Gasteiger partial charge in [0.2, 0.25) is 0 Å². The molecule has 1 N–H and O–H groups in total. The van der Waals surface area contributed by atoms with Gasteiger partial charge in [-0.2, -0.15) is 0 Å². The molecule has 1 atom stereocenters. The third-order valence-electron chi connectivity index (χ3n) is 2.30. The smallest absolute Gasteiger partial charge is 0.115 e. The molecule has 0 aliphatic rings. The lowest BCUT2D eigenvalue weighted by molar-refractivity contribution is 0.197. The summed E-state index contributed by atoms with van der Waals surface area (Å²) in [5, 5.41) is 6.45. The van der Waals surface area contributed by atoms with Crippen molar-refractivity contribution in [1.29, 1.82) is 0 Å². The Hall–Kier alpha value is 0.0200. The lowest BCUT2D eigenvalue weighted by Crippen LogP contribution is -2.25. The Morgan fingerprint density at radius 3 is 3.00 bits per heavy atom. The summed E-state index contributed by atoms with van der Waals surface area (Å²) in [7, 11) is 1.69. The van der Waals surface area contributed by atoms with Crippen LogP contribution in [0.15, 0.2) is 22.1 Å². The van der Waals surface area contributed by atoms with E-state index in [-0.39, 0.29) is 6.04 Å². The molecule has 0 radical (unpaired) electrons. The Morgan fingerprint density at radius 2 is 2.44 bits per heavy atom. The van der Waals surface area contributed by atoms with Crippen molar-refractivity contribution < 1.29 is 4.74 Å². The number of rotatable bonds is 6. The van der Waals surface area contributed by atoms with E-state index in [1.54, 1.807) is 29.8 Å². The maximum absolute atomic E-state index is 6.10. The van der Waals surface area contributed by atoms with Crippen LogP contribution >= 0.6 is 50.2 Å². The van der Waals surface area contributed by atoms with Crippen molar-refractivity contribution in [3.05, 3.63) is 36.3 Å². The molecule has 0 amide bonds. The third kappa shape index (κ3) is 3.53. The van der Waals surface area contributed by atoms with Crippen molar-refractivity contribution in [2.24, 2.45) is 0 Å². The van der Waals surface area contributed by atoms with Crippen molar-refractivity contribution >= 4 is 50.2 Å².